The Labute approximate surface area is 111 Å². The molecule has 0 aromatic carbocycles. The molecule has 0 spiro atoms. The zero-order valence-corrected chi connectivity index (χ0v) is 12.5. The first kappa shape index (κ1) is 13.9. The van der Waals surface area contributed by atoms with E-state index in [0.29, 0.717) is 23.2 Å². The van der Waals surface area contributed by atoms with Crippen molar-refractivity contribution in [3.63, 3.8) is 0 Å². The molecule has 1 heterocycles. The molecule has 2 rings (SSSR count). The topological polar surface area (TPSA) is 32.3 Å². The highest BCUT2D eigenvalue weighted by Crippen LogP contribution is 2.52. The van der Waals surface area contributed by atoms with Gasteiger partial charge in [-0.25, -0.2) is 0 Å². The van der Waals surface area contributed by atoms with Crippen molar-refractivity contribution in [1.29, 1.82) is 0 Å². The molecule has 0 aromatic rings. The van der Waals surface area contributed by atoms with Gasteiger partial charge in [-0.2, -0.15) is 0 Å². The average Bonchev–Trinajstić information content (AvgIpc) is 3.06. The SMILES string of the molecule is CCC(C)C1NC(C)N(CC2(C(C)C)CC2)C1=O. The summed E-state index contributed by atoms with van der Waals surface area (Å²) in [4.78, 5) is 14.6. The maximum Gasteiger partial charge on any atom is 0.241 e. The molecule has 1 amide bonds. The average molecular weight is 252 g/mol. The normalized spacial score (nSPS) is 32.1. The fourth-order valence-corrected chi connectivity index (χ4v) is 3.07. The van der Waals surface area contributed by atoms with Crippen molar-refractivity contribution in [3.8, 4) is 0 Å². The summed E-state index contributed by atoms with van der Waals surface area (Å²) in [6, 6.07) is 0.0352. The van der Waals surface area contributed by atoms with Crippen LogP contribution < -0.4 is 5.32 Å². The van der Waals surface area contributed by atoms with E-state index >= 15 is 0 Å². The quantitative estimate of drug-likeness (QED) is 0.816. The summed E-state index contributed by atoms with van der Waals surface area (Å²) in [5, 5.41) is 3.47. The minimum Gasteiger partial charge on any atom is -0.326 e. The van der Waals surface area contributed by atoms with Gasteiger partial charge in [0.15, 0.2) is 0 Å². The Balaban J connectivity index is 2.04. The number of hydrogen-bond acceptors (Lipinski definition) is 2. The second kappa shape index (κ2) is 4.84. The van der Waals surface area contributed by atoms with Crippen LogP contribution in [0.4, 0.5) is 0 Å². The zero-order chi connectivity index (χ0) is 13.5. The van der Waals surface area contributed by atoms with Crippen LogP contribution in [0.2, 0.25) is 0 Å². The Morgan fingerprint density at radius 3 is 2.44 bits per heavy atom. The van der Waals surface area contributed by atoms with Gasteiger partial charge >= 0.3 is 0 Å². The number of carbonyl (C=O) groups excluding carboxylic acids is 1. The van der Waals surface area contributed by atoms with E-state index in [2.05, 4.69) is 44.8 Å². The van der Waals surface area contributed by atoms with Crippen LogP contribution in [0.25, 0.3) is 0 Å². The summed E-state index contributed by atoms with van der Waals surface area (Å²) in [6.07, 6.45) is 3.83. The number of rotatable bonds is 5. The summed E-state index contributed by atoms with van der Waals surface area (Å²) in [5.41, 5.74) is 0.413. The summed E-state index contributed by atoms with van der Waals surface area (Å²) < 4.78 is 0. The number of nitrogens with zero attached hydrogens (tertiary/aromatic N) is 1. The highest BCUT2D eigenvalue weighted by atomic mass is 16.2. The number of nitrogens with one attached hydrogen (secondary N) is 1. The van der Waals surface area contributed by atoms with Crippen molar-refractivity contribution < 1.29 is 4.79 Å². The molecule has 1 N–H and O–H groups in total. The van der Waals surface area contributed by atoms with E-state index in [1.54, 1.807) is 0 Å². The summed E-state index contributed by atoms with van der Waals surface area (Å²) in [5.74, 6) is 1.43. The molecule has 3 nitrogen and oxygen atoms in total. The van der Waals surface area contributed by atoms with E-state index in [-0.39, 0.29) is 12.2 Å². The number of hydrogen-bond donors (Lipinski definition) is 1. The first-order valence-corrected chi connectivity index (χ1v) is 7.48. The fraction of sp³-hybridized carbons (Fsp3) is 0.933. The van der Waals surface area contributed by atoms with E-state index in [1.165, 1.54) is 12.8 Å². The van der Waals surface area contributed by atoms with Gasteiger partial charge in [0, 0.05) is 6.54 Å². The van der Waals surface area contributed by atoms with Crippen molar-refractivity contribution in [2.75, 3.05) is 6.54 Å². The maximum absolute atomic E-state index is 12.5. The third-order valence-electron chi connectivity index (χ3n) is 5.25. The highest BCUT2D eigenvalue weighted by Gasteiger charge is 2.50. The third kappa shape index (κ3) is 2.29. The highest BCUT2D eigenvalue weighted by molar-refractivity contribution is 5.84. The van der Waals surface area contributed by atoms with E-state index in [0.717, 1.165) is 13.0 Å². The van der Waals surface area contributed by atoms with Crippen molar-refractivity contribution in [2.45, 2.75) is 66.1 Å². The van der Waals surface area contributed by atoms with Gasteiger partial charge in [0.05, 0.1) is 12.2 Å². The molecule has 1 saturated carbocycles. The molecule has 0 aromatic heterocycles. The van der Waals surface area contributed by atoms with Gasteiger partial charge in [-0.1, -0.05) is 34.1 Å². The first-order valence-electron chi connectivity index (χ1n) is 7.48. The summed E-state index contributed by atoms with van der Waals surface area (Å²) in [6.45, 7) is 12.0. The van der Waals surface area contributed by atoms with Gasteiger partial charge in [-0.3, -0.25) is 10.1 Å². The molecule has 1 saturated heterocycles. The zero-order valence-electron chi connectivity index (χ0n) is 12.5. The minimum absolute atomic E-state index is 0.0352. The lowest BCUT2D eigenvalue weighted by molar-refractivity contribution is -0.131. The molecule has 3 atom stereocenters. The molecule has 18 heavy (non-hydrogen) atoms. The van der Waals surface area contributed by atoms with E-state index < -0.39 is 0 Å². The van der Waals surface area contributed by atoms with Crippen LogP contribution in [-0.4, -0.2) is 29.6 Å². The van der Waals surface area contributed by atoms with Crippen LogP contribution >= 0.6 is 0 Å². The van der Waals surface area contributed by atoms with Gasteiger partial charge in [-0.15, -0.1) is 0 Å². The van der Waals surface area contributed by atoms with Crippen LogP contribution in [-0.2, 0) is 4.79 Å². The largest absolute Gasteiger partial charge is 0.326 e. The predicted octanol–water partition coefficient (Wildman–Crippen LogP) is 2.62. The van der Waals surface area contributed by atoms with Crippen LogP contribution in [0.1, 0.15) is 53.9 Å². The molecule has 1 aliphatic heterocycles. The Kier molecular flexibility index (Phi) is 3.72. The van der Waals surface area contributed by atoms with E-state index in [1.807, 2.05) is 0 Å². The Morgan fingerprint density at radius 1 is 1.39 bits per heavy atom. The number of carbonyl (C=O) groups is 1. The smallest absolute Gasteiger partial charge is 0.241 e. The van der Waals surface area contributed by atoms with Gasteiger partial charge in [0.25, 0.3) is 0 Å². The second-order valence-electron chi connectivity index (χ2n) is 6.69. The van der Waals surface area contributed by atoms with Gasteiger partial charge in [0.2, 0.25) is 5.91 Å². The fourth-order valence-electron chi connectivity index (χ4n) is 3.07. The van der Waals surface area contributed by atoms with Crippen LogP contribution in [0.15, 0.2) is 0 Å². The molecule has 104 valence electrons. The molecule has 2 fully saturated rings. The van der Waals surface area contributed by atoms with Crippen LogP contribution in [0.3, 0.4) is 0 Å². The first-order chi connectivity index (χ1) is 8.41. The van der Waals surface area contributed by atoms with Crippen molar-refractivity contribution in [3.05, 3.63) is 0 Å². The molecule has 3 heteroatoms. The van der Waals surface area contributed by atoms with Gasteiger partial charge < -0.3 is 4.90 Å². The maximum atomic E-state index is 12.5. The standard InChI is InChI=1S/C15H28N2O/c1-6-11(4)13-14(18)17(12(5)16-13)9-15(7-8-15)10(2)3/h10-13,16H,6-9H2,1-5H3. The van der Waals surface area contributed by atoms with Crippen LogP contribution in [0, 0.1) is 17.3 Å². The van der Waals surface area contributed by atoms with E-state index in [9.17, 15) is 4.79 Å². The molecule has 0 bridgehead atoms. The molecule has 1 aliphatic carbocycles. The van der Waals surface area contributed by atoms with Gasteiger partial charge in [-0.05, 0) is 37.0 Å². The van der Waals surface area contributed by atoms with Crippen molar-refractivity contribution in [2.24, 2.45) is 17.3 Å². The lowest BCUT2D eigenvalue weighted by atomic mass is 9.91. The lowest BCUT2D eigenvalue weighted by Crippen LogP contribution is -2.40. The summed E-state index contributed by atoms with van der Waals surface area (Å²) >= 11 is 0. The van der Waals surface area contributed by atoms with Crippen molar-refractivity contribution >= 4 is 5.91 Å². The molecular weight excluding hydrogens is 224 g/mol. The van der Waals surface area contributed by atoms with Gasteiger partial charge in [0.1, 0.15) is 0 Å². The third-order valence-corrected chi connectivity index (χ3v) is 5.25. The van der Waals surface area contributed by atoms with Crippen LogP contribution in [0.5, 0.6) is 0 Å². The molecule has 0 radical (unpaired) electrons. The molecule has 2 aliphatic rings. The Hall–Kier alpha value is -0.570. The second-order valence-corrected chi connectivity index (χ2v) is 6.69. The molecule has 3 unspecified atom stereocenters. The lowest BCUT2D eigenvalue weighted by Gasteiger charge is -2.29. The van der Waals surface area contributed by atoms with E-state index in [4.69, 9.17) is 0 Å². The number of amides is 1. The van der Waals surface area contributed by atoms with Crippen molar-refractivity contribution in [1.82, 2.24) is 10.2 Å². The Bertz CT molecular complexity index is 322. The summed E-state index contributed by atoms with van der Waals surface area (Å²) in [7, 11) is 0. The predicted molar refractivity (Wildman–Crippen MR) is 74.1 cm³/mol. The Morgan fingerprint density at radius 2 is 2.00 bits per heavy atom. The minimum atomic E-state index is 0.0352. The molecular formula is C15H28N2O. The monoisotopic (exact) mass is 252 g/mol.